The second-order valence-corrected chi connectivity index (χ2v) is 6.71. The summed E-state index contributed by atoms with van der Waals surface area (Å²) < 4.78 is 29.0. The Labute approximate surface area is 141 Å². The van der Waals surface area contributed by atoms with Gasteiger partial charge in [0, 0.05) is 0 Å². The van der Waals surface area contributed by atoms with Crippen molar-refractivity contribution in [1.82, 2.24) is 5.06 Å². The van der Waals surface area contributed by atoms with Gasteiger partial charge in [-0.15, -0.1) is 0 Å². The first-order chi connectivity index (χ1) is 11.5. The van der Waals surface area contributed by atoms with E-state index < -0.39 is 10.1 Å². The van der Waals surface area contributed by atoms with E-state index in [1.807, 2.05) is 37.3 Å². The molecule has 0 heterocycles. The number of hydroxylamine groups is 2. The Kier molecular flexibility index (Phi) is 6.48. The molecule has 0 aliphatic rings. The van der Waals surface area contributed by atoms with E-state index in [0.717, 1.165) is 16.2 Å². The summed E-state index contributed by atoms with van der Waals surface area (Å²) in [4.78, 5) is 16.4. The number of rotatable bonds is 9. The fourth-order valence-corrected chi connectivity index (χ4v) is 2.79. The predicted octanol–water partition coefficient (Wildman–Crippen LogP) is 2.29. The standard InChI is InChI=1S/C17H19NO5S/c1-15-7-9-17(10-8-15)24(20,21)23-12-11-18(14-19)22-13-16-5-3-2-4-6-16/h2-10,14H,11-13H2,1H3. The van der Waals surface area contributed by atoms with Gasteiger partial charge < -0.3 is 0 Å². The van der Waals surface area contributed by atoms with Crippen LogP contribution in [-0.2, 0) is 30.5 Å². The van der Waals surface area contributed by atoms with Gasteiger partial charge in [0.05, 0.1) is 18.0 Å². The number of carbonyl (C=O) groups excluding carboxylic acids is 1. The lowest BCUT2D eigenvalue weighted by molar-refractivity contribution is -0.179. The van der Waals surface area contributed by atoms with Crippen molar-refractivity contribution in [3.05, 3.63) is 65.7 Å². The van der Waals surface area contributed by atoms with Crippen LogP contribution in [0.4, 0.5) is 0 Å². The monoisotopic (exact) mass is 349 g/mol. The molecule has 0 bridgehead atoms. The lowest BCUT2D eigenvalue weighted by Gasteiger charge is -2.16. The maximum atomic E-state index is 12.0. The summed E-state index contributed by atoms with van der Waals surface area (Å²) in [6, 6.07) is 15.7. The van der Waals surface area contributed by atoms with Gasteiger partial charge in [-0.2, -0.15) is 8.42 Å². The van der Waals surface area contributed by atoms with Crippen LogP contribution < -0.4 is 0 Å². The molecule has 0 saturated heterocycles. The van der Waals surface area contributed by atoms with E-state index in [4.69, 9.17) is 9.02 Å². The maximum absolute atomic E-state index is 12.0. The number of amides is 1. The van der Waals surface area contributed by atoms with E-state index in [1.54, 1.807) is 12.1 Å². The lowest BCUT2D eigenvalue weighted by atomic mass is 10.2. The molecule has 0 saturated carbocycles. The second kappa shape index (κ2) is 8.58. The van der Waals surface area contributed by atoms with Gasteiger partial charge >= 0.3 is 0 Å². The number of hydrogen-bond donors (Lipinski definition) is 0. The Morgan fingerprint density at radius 3 is 2.33 bits per heavy atom. The van der Waals surface area contributed by atoms with E-state index in [9.17, 15) is 13.2 Å². The average Bonchev–Trinajstić information content (AvgIpc) is 2.59. The minimum atomic E-state index is -3.85. The molecule has 0 radical (unpaired) electrons. The zero-order valence-electron chi connectivity index (χ0n) is 13.3. The van der Waals surface area contributed by atoms with Crippen LogP contribution in [-0.4, -0.2) is 33.0 Å². The van der Waals surface area contributed by atoms with Crippen LogP contribution in [0.15, 0.2) is 59.5 Å². The third-order valence-electron chi connectivity index (χ3n) is 3.22. The molecule has 6 nitrogen and oxygen atoms in total. The van der Waals surface area contributed by atoms with Crippen LogP contribution in [0.2, 0.25) is 0 Å². The van der Waals surface area contributed by atoms with Crippen molar-refractivity contribution in [3.8, 4) is 0 Å². The molecule has 7 heteroatoms. The summed E-state index contributed by atoms with van der Waals surface area (Å²) >= 11 is 0. The van der Waals surface area contributed by atoms with Crippen molar-refractivity contribution < 1.29 is 22.2 Å². The SMILES string of the molecule is Cc1ccc(S(=O)(=O)OCCN(C=O)OCc2ccccc2)cc1. The van der Waals surface area contributed by atoms with Gasteiger partial charge in [0.2, 0.25) is 6.41 Å². The van der Waals surface area contributed by atoms with Gasteiger partial charge in [-0.1, -0.05) is 48.0 Å². The number of aryl methyl sites for hydroxylation is 1. The van der Waals surface area contributed by atoms with Crippen LogP contribution in [0.3, 0.4) is 0 Å². The number of carbonyl (C=O) groups is 1. The summed E-state index contributed by atoms with van der Waals surface area (Å²) in [5, 5.41) is 1.01. The molecule has 0 N–H and O–H groups in total. The van der Waals surface area contributed by atoms with Gasteiger partial charge in [-0.25, -0.2) is 5.06 Å². The van der Waals surface area contributed by atoms with E-state index >= 15 is 0 Å². The third-order valence-corrected chi connectivity index (χ3v) is 4.54. The fraction of sp³-hybridized carbons (Fsp3) is 0.235. The highest BCUT2D eigenvalue weighted by Gasteiger charge is 2.15. The van der Waals surface area contributed by atoms with Crippen LogP contribution in [0, 0.1) is 6.92 Å². The van der Waals surface area contributed by atoms with Crippen molar-refractivity contribution in [1.29, 1.82) is 0 Å². The van der Waals surface area contributed by atoms with Crippen LogP contribution in [0.25, 0.3) is 0 Å². The van der Waals surface area contributed by atoms with Crippen LogP contribution in [0.1, 0.15) is 11.1 Å². The summed E-state index contributed by atoms with van der Waals surface area (Å²) in [7, 11) is -3.85. The Hall–Kier alpha value is -2.22. The smallest absolute Gasteiger partial charge is 0.276 e. The van der Waals surface area contributed by atoms with Gasteiger partial charge in [-0.05, 0) is 24.6 Å². The second-order valence-electron chi connectivity index (χ2n) is 5.09. The minimum absolute atomic E-state index is 0.00141. The highest BCUT2D eigenvalue weighted by atomic mass is 32.2. The van der Waals surface area contributed by atoms with Gasteiger partial charge in [-0.3, -0.25) is 13.8 Å². The summed E-state index contributed by atoms with van der Waals surface area (Å²) in [5.41, 5.74) is 1.85. The molecule has 128 valence electrons. The van der Waals surface area contributed by atoms with E-state index in [2.05, 4.69) is 0 Å². The Bertz CT molecular complexity index is 744. The van der Waals surface area contributed by atoms with Gasteiger partial charge in [0.25, 0.3) is 10.1 Å². The molecule has 0 aliphatic carbocycles. The molecule has 0 spiro atoms. The topological polar surface area (TPSA) is 72.9 Å². The Morgan fingerprint density at radius 2 is 1.71 bits per heavy atom. The largest absolute Gasteiger partial charge is 0.297 e. The molecule has 2 aromatic rings. The molecule has 24 heavy (non-hydrogen) atoms. The van der Waals surface area contributed by atoms with Crippen molar-refractivity contribution in [2.75, 3.05) is 13.2 Å². The third kappa shape index (κ3) is 5.45. The fourth-order valence-electron chi connectivity index (χ4n) is 1.89. The van der Waals surface area contributed by atoms with Gasteiger partial charge in [0.15, 0.2) is 0 Å². The zero-order chi connectivity index (χ0) is 17.4. The minimum Gasteiger partial charge on any atom is -0.276 e. The molecule has 2 rings (SSSR count). The maximum Gasteiger partial charge on any atom is 0.297 e. The first kappa shape index (κ1) is 18.1. The Balaban J connectivity index is 1.82. The molecule has 2 aromatic carbocycles. The zero-order valence-corrected chi connectivity index (χ0v) is 14.1. The highest BCUT2D eigenvalue weighted by Crippen LogP contribution is 2.13. The summed E-state index contributed by atoms with van der Waals surface area (Å²) in [6.07, 6.45) is 0.491. The average molecular weight is 349 g/mol. The van der Waals surface area contributed by atoms with Crippen molar-refractivity contribution in [2.45, 2.75) is 18.4 Å². The van der Waals surface area contributed by atoms with E-state index in [-0.39, 0.29) is 24.7 Å². The molecule has 1 amide bonds. The van der Waals surface area contributed by atoms with Crippen LogP contribution in [0.5, 0.6) is 0 Å². The van der Waals surface area contributed by atoms with Crippen LogP contribution >= 0.6 is 0 Å². The number of nitrogens with zero attached hydrogens (tertiary/aromatic N) is 1. The van der Waals surface area contributed by atoms with E-state index in [0.29, 0.717) is 6.41 Å². The molecule has 0 aliphatic heterocycles. The molecular weight excluding hydrogens is 330 g/mol. The predicted molar refractivity (Wildman–Crippen MR) is 88.3 cm³/mol. The summed E-state index contributed by atoms with van der Waals surface area (Å²) in [5.74, 6) is 0. The molecule has 0 fully saturated rings. The first-order valence-electron chi connectivity index (χ1n) is 7.36. The van der Waals surface area contributed by atoms with Crippen molar-refractivity contribution >= 4 is 16.5 Å². The summed E-state index contributed by atoms with van der Waals surface area (Å²) in [6.45, 7) is 1.89. The highest BCUT2D eigenvalue weighted by molar-refractivity contribution is 7.86. The number of hydrogen-bond acceptors (Lipinski definition) is 5. The van der Waals surface area contributed by atoms with Crippen molar-refractivity contribution in [2.24, 2.45) is 0 Å². The first-order valence-corrected chi connectivity index (χ1v) is 8.77. The Morgan fingerprint density at radius 1 is 1.04 bits per heavy atom. The molecule has 0 unspecified atom stereocenters. The quantitative estimate of drug-likeness (QED) is 0.394. The molecule has 0 atom stereocenters. The lowest BCUT2D eigenvalue weighted by Crippen LogP contribution is -2.27. The van der Waals surface area contributed by atoms with Gasteiger partial charge in [0.1, 0.15) is 6.61 Å². The van der Waals surface area contributed by atoms with E-state index in [1.165, 1.54) is 12.1 Å². The molecular formula is C17H19NO5S. The normalized spacial score (nSPS) is 11.2. The van der Waals surface area contributed by atoms with Crippen molar-refractivity contribution in [3.63, 3.8) is 0 Å². The number of benzene rings is 2. The molecule has 0 aromatic heterocycles.